The van der Waals surface area contributed by atoms with Gasteiger partial charge in [0.2, 0.25) is 10.0 Å². The normalized spacial score (nSPS) is 15.3. The first-order valence-corrected chi connectivity index (χ1v) is 9.68. The molecule has 5 nitrogen and oxygen atoms in total. The first kappa shape index (κ1) is 16.2. The molecular formula is C19H20N2O3S. The van der Waals surface area contributed by atoms with Crippen molar-refractivity contribution in [2.75, 3.05) is 13.7 Å². The molecule has 1 aliphatic rings. The molecule has 0 spiro atoms. The van der Waals surface area contributed by atoms with E-state index in [2.05, 4.69) is 4.98 Å². The maximum Gasteiger partial charge on any atom is 0.243 e. The predicted molar refractivity (Wildman–Crippen MR) is 97.3 cm³/mol. The Bertz CT molecular complexity index is 1050. The van der Waals surface area contributed by atoms with Crippen LogP contribution in [0, 0.1) is 6.92 Å². The number of sulfonamides is 1. The van der Waals surface area contributed by atoms with E-state index in [1.54, 1.807) is 23.5 Å². The number of aryl methyl sites for hydroxylation is 1. The molecule has 0 atom stereocenters. The number of hydrogen-bond donors (Lipinski definition) is 1. The Hall–Kier alpha value is -2.31. The highest BCUT2D eigenvalue weighted by Gasteiger charge is 2.31. The summed E-state index contributed by atoms with van der Waals surface area (Å²) in [5.74, 6) is 0.778. The minimum Gasteiger partial charge on any atom is -0.495 e. The van der Waals surface area contributed by atoms with Crippen molar-refractivity contribution in [1.29, 1.82) is 0 Å². The average Bonchev–Trinajstić information content (AvgIpc) is 2.99. The summed E-state index contributed by atoms with van der Waals surface area (Å²) in [5.41, 5.74) is 3.84. The summed E-state index contributed by atoms with van der Waals surface area (Å²) in [6.07, 6.45) is 0.665. The number of aromatic nitrogens is 1. The third kappa shape index (κ3) is 2.53. The summed E-state index contributed by atoms with van der Waals surface area (Å²) in [6.45, 7) is 2.68. The van der Waals surface area contributed by atoms with Crippen LogP contribution in [0.2, 0.25) is 0 Å². The van der Waals surface area contributed by atoms with Crippen molar-refractivity contribution >= 4 is 20.9 Å². The van der Waals surface area contributed by atoms with E-state index < -0.39 is 10.0 Å². The molecule has 0 saturated carbocycles. The van der Waals surface area contributed by atoms with Crippen LogP contribution in [-0.2, 0) is 23.0 Å². The summed E-state index contributed by atoms with van der Waals surface area (Å²) in [5, 5.41) is 1.03. The van der Waals surface area contributed by atoms with Crippen LogP contribution in [0.3, 0.4) is 0 Å². The highest BCUT2D eigenvalue weighted by Crippen LogP contribution is 2.34. The minimum atomic E-state index is -3.51. The van der Waals surface area contributed by atoms with Crippen molar-refractivity contribution in [2.24, 2.45) is 0 Å². The van der Waals surface area contributed by atoms with Gasteiger partial charge in [0.05, 0.1) is 17.5 Å². The number of benzene rings is 2. The highest BCUT2D eigenvalue weighted by molar-refractivity contribution is 7.89. The molecule has 0 saturated heterocycles. The average molecular weight is 356 g/mol. The first-order valence-electron chi connectivity index (χ1n) is 8.24. The van der Waals surface area contributed by atoms with Crippen molar-refractivity contribution in [3.05, 3.63) is 59.3 Å². The SMILES string of the molecule is COc1cccc2c3c([nH]c12)CCN(S(=O)(=O)c1ccccc1C)C3. The molecule has 2 heterocycles. The number of aromatic amines is 1. The van der Waals surface area contributed by atoms with Gasteiger partial charge in [-0.1, -0.05) is 30.3 Å². The molecular weight excluding hydrogens is 336 g/mol. The van der Waals surface area contributed by atoms with Crippen LogP contribution >= 0.6 is 0 Å². The largest absolute Gasteiger partial charge is 0.495 e. The zero-order chi connectivity index (χ0) is 17.6. The second kappa shape index (κ2) is 5.89. The summed E-state index contributed by atoms with van der Waals surface area (Å²) in [7, 11) is -1.87. The monoisotopic (exact) mass is 356 g/mol. The number of methoxy groups -OCH3 is 1. The van der Waals surface area contributed by atoms with Gasteiger partial charge in [0.1, 0.15) is 5.75 Å². The van der Waals surface area contributed by atoms with Crippen LogP contribution < -0.4 is 4.74 Å². The van der Waals surface area contributed by atoms with Crippen molar-refractivity contribution in [3.63, 3.8) is 0 Å². The van der Waals surface area contributed by atoms with E-state index in [-0.39, 0.29) is 0 Å². The summed E-state index contributed by atoms with van der Waals surface area (Å²) >= 11 is 0. The van der Waals surface area contributed by atoms with Crippen LogP contribution in [0.5, 0.6) is 5.75 Å². The molecule has 2 aromatic carbocycles. The molecule has 1 aromatic heterocycles. The van der Waals surface area contributed by atoms with Crippen LogP contribution in [0.1, 0.15) is 16.8 Å². The second-order valence-electron chi connectivity index (χ2n) is 6.32. The molecule has 0 unspecified atom stereocenters. The molecule has 4 rings (SSSR count). The maximum absolute atomic E-state index is 13.1. The van der Waals surface area contributed by atoms with Gasteiger partial charge in [0.15, 0.2) is 0 Å². The number of para-hydroxylation sites is 1. The Morgan fingerprint density at radius 3 is 2.68 bits per heavy atom. The lowest BCUT2D eigenvalue weighted by Crippen LogP contribution is -2.36. The molecule has 1 N–H and O–H groups in total. The molecule has 1 aliphatic heterocycles. The fourth-order valence-corrected chi connectivity index (χ4v) is 5.18. The fraction of sp³-hybridized carbons (Fsp3) is 0.263. The second-order valence-corrected chi connectivity index (χ2v) is 8.23. The van der Waals surface area contributed by atoms with Crippen molar-refractivity contribution in [1.82, 2.24) is 9.29 Å². The van der Waals surface area contributed by atoms with Gasteiger partial charge in [-0.05, 0) is 30.2 Å². The van der Waals surface area contributed by atoms with Crippen molar-refractivity contribution in [3.8, 4) is 5.75 Å². The van der Waals surface area contributed by atoms with Gasteiger partial charge in [-0.3, -0.25) is 0 Å². The molecule has 6 heteroatoms. The lowest BCUT2D eigenvalue weighted by Gasteiger charge is -2.27. The fourth-order valence-electron chi connectivity index (χ4n) is 3.55. The Morgan fingerprint density at radius 2 is 1.92 bits per heavy atom. The summed E-state index contributed by atoms with van der Waals surface area (Å²) in [6, 6.07) is 13.0. The lowest BCUT2D eigenvalue weighted by molar-refractivity contribution is 0.391. The number of ether oxygens (including phenoxy) is 1. The van der Waals surface area contributed by atoms with Gasteiger partial charge in [0, 0.05) is 30.6 Å². The van der Waals surface area contributed by atoms with Gasteiger partial charge in [-0.2, -0.15) is 4.31 Å². The van der Waals surface area contributed by atoms with Crippen LogP contribution in [0.4, 0.5) is 0 Å². The number of hydrogen-bond acceptors (Lipinski definition) is 3. The van der Waals surface area contributed by atoms with E-state index in [1.807, 2.05) is 37.3 Å². The molecule has 0 bridgehead atoms. The molecule has 0 fully saturated rings. The van der Waals surface area contributed by atoms with Crippen molar-refractivity contribution in [2.45, 2.75) is 24.8 Å². The Balaban J connectivity index is 1.77. The Kier molecular flexibility index (Phi) is 3.81. The van der Waals surface area contributed by atoms with E-state index in [0.29, 0.717) is 24.4 Å². The zero-order valence-electron chi connectivity index (χ0n) is 14.2. The quantitative estimate of drug-likeness (QED) is 0.784. The number of rotatable bonds is 3. The number of nitrogens with zero attached hydrogens (tertiary/aromatic N) is 1. The van der Waals surface area contributed by atoms with Crippen LogP contribution in [-0.4, -0.2) is 31.4 Å². The molecule has 25 heavy (non-hydrogen) atoms. The lowest BCUT2D eigenvalue weighted by atomic mass is 10.1. The van der Waals surface area contributed by atoms with Gasteiger partial charge in [0.25, 0.3) is 0 Å². The molecule has 0 aliphatic carbocycles. The van der Waals surface area contributed by atoms with Crippen LogP contribution in [0.25, 0.3) is 10.9 Å². The topological polar surface area (TPSA) is 62.4 Å². The molecule has 0 amide bonds. The number of fused-ring (bicyclic) bond motifs is 3. The van der Waals surface area contributed by atoms with Crippen molar-refractivity contribution < 1.29 is 13.2 Å². The van der Waals surface area contributed by atoms with Gasteiger partial charge >= 0.3 is 0 Å². The Labute approximate surface area is 147 Å². The first-order chi connectivity index (χ1) is 12.0. The Morgan fingerprint density at radius 1 is 1.12 bits per heavy atom. The predicted octanol–water partition coefficient (Wildman–Crippen LogP) is 3.23. The molecule has 3 aromatic rings. The van der Waals surface area contributed by atoms with E-state index in [4.69, 9.17) is 4.74 Å². The van der Waals surface area contributed by atoms with Crippen LogP contribution in [0.15, 0.2) is 47.4 Å². The van der Waals surface area contributed by atoms with Gasteiger partial charge in [-0.15, -0.1) is 0 Å². The zero-order valence-corrected chi connectivity index (χ0v) is 15.1. The summed E-state index contributed by atoms with van der Waals surface area (Å²) in [4.78, 5) is 3.80. The third-order valence-electron chi connectivity index (χ3n) is 4.87. The number of H-pyrrole nitrogens is 1. The van der Waals surface area contributed by atoms with E-state index in [9.17, 15) is 8.42 Å². The van der Waals surface area contributed by atoms with Gasteiger partial charge < -0.3 is 9.72 Å². The smallest absolute Gasteiger partial charge is 0.243 e. The summed E-state index contributed by atoms with van der Waals surface area (Å²) < 4.78 is 33.2. The van der Waals surface area contributed by atoms with E-state index in [0.717, 1.165) is 33.5 Å². The molecule has 130 valence electrons. The van der Waals surface area contributed by atoms with Gasteiger partial charge in [-0.25, -0.2) is 8.42 Å². The standard InChI is InChI=1S/C19H20N2O3S/c1-13-6-3-4-9-18(13)25(22,23)21-11-10-16-15(12-21)14-7-5-8-17(24-2)19(14)20-16/h3-9,20H,10-12H2,1-2H3. The number of nitrogens with one attached hydrogen (secondary N) is 1. The van der Waals surface area contributed by atoms with E-state index >= 15 is 0 Å². The maximum atomic E-state index is 13.1. The highest BCUT2D eigenvalue weighted by atomic mass is 32.2. The third-order valence-corrected chi connectivity index (χ3v) is 6.87. The minimum absolute atomic E-state index is 0.374. The van der Waals surface area contributed by atoms with E-state index in [1.165, 1.54) is 0 Å². The molecule has 0 radical (unpaired) electrons.